The number of hydrogen-bond acceptors (Lipinski definition) is 4. The van der Waals surface area contributed by atoms with Crippen molar-refractivity contribution in [2.45, 2.75) is 32.7 Å². The average Bonchev–Trinajstić information content (AvgIpc) is 2.81. The normalized spacial score (nSPS) is 15.1. The van der Waals surface area contributed by atoms with E-state index < -0.39 is 5.97 Å². The first-order valence-electron chi connectivity index (χ1n) is 7.11. The summed E-state index contributed by atoms with van der Waals surface area (Å²) in [6.07, 6.45) is 0.898. The Balaban J connectivity index is 2.19. The van der Waals surface area contributed by atoms with Gasteiger partial charge in [-0.05, 0) is 6.42 Å². The molecule has 1 aromatic heterocycles. The maximum absolute atomic E-state index is 11.2. The third-order valence-corrected chi connectivity index (χ3v) is 3.79. The molecule has 1 aromatic carbocycles. The van der Waals surface area contributed by atoms with E-state index in [1.165, 1.54) is 0 Å². The van der Waals surface area contributed by atoms with Crippen molar-refractivity contribution in [1.29, 1.82) is 0 Å². The predicted molar refractivity (Wildman–Crippen MR) is 77.1 cm³/mol. The number of carboxylic acids is 1. The Morgan fingerprint density at radius 2 is 2.05 bits per heavy atom. The molecule has 0 fully saturated rings. The van der Waals surface area contributed by atoms with Crippen LogP contribution in [0.2, 0.25) is 0 Å². The van der Waals surface area contributed by atoms with E-state index in [0.717, 1.165) is 23.3 Å². The summed E-state index contributed by atoms with van der Waals surface area (Å²) in [5.74, 6) is 1.42. The number of aliphatic carboxylic acids is 1. The Hall–Kier alpha value is -2.24. The maximum atomic E-state index is 11.2. The number of ether oxygens (including phenoxy) is 2. The minimum Gasteiger partial charge on any atom is -0.486 e. The third-order valence-electron chi connectivity index (χ3n) is 3.79. The number of carboxylic acid groups (broad SMARTS) is 1. The molecule has 6 nitrogen and oxygen atoms in total. The van der Waals surface area contributed by atoms with E-state index in [-0.39, 0.29) is 12.5 Å². The highest BCUT2D eigenvalue weighted by Crippen LogP contribution is 2.36. The Labute approximate surface area is 122 Å². The fraction of sp³-hybridized carbons (Fsp3) is 0.467. The number of aromatic nitrogens is 2. The minimum atomic E-state index is -0.881. The number of imidazole rings is 1. The molecule has 1 atom stereocenters. The van der Waals surface area contributed by atoms with Gasteiger partial charge in [-0.3, -0.25) is 4.79 Å². The summed E-state index contributed by atoms with van der Waals surface area (Å²) in [5, 5.41) is 9.16. The molecule has 1 unspecified atom stereocenters. The van der Waals surface area contributed by atoms with Crippen molar-refractivity contribution in [1.82, 2.24) is 9.55 Å². The summed E-state index contributed by atoms with van der Waals surface area (Å²) >= 11 is 0. The van der Waals surface area contributed by atoms with Gasteiger partial charge >= 0.3 is 5.97 Å². The summed E-state index contributed by atoms with van der Waals surface area (Å²) in [6, 6.07) is 3.65. The highest BCUT2D eigenvalue weighted by atomic mass is 16.6. The van der Waals surface area contributed by atoms with E-state index in [1.807, 2.05) is 19.1 Å². The van der Waals surface area contributed by atoms with Gasteiger partial charge in [-0.15, -0.1) is 0 Å². The van der Waals surface area contributed by atoms with Crippen molar-refractivity contribution in [2.75, 3.05) is 13.2 Å². The molecule has 3 rings (SSSR count). The number of nitrogens with zero attached hydrogens (tertiary/aromatic N) is 2. The van der Waals surface area contributed by atoms with Crippen LogP contribution in [-0.4, -0.2) is 33.8 Å². The molecule has 2 aromatic rings. The monoisotopic (exact) mass is 290 g/mol. The molecule has 0 amide bonds. The molecule has 21 heavy (non-hydrogen) atoms. The lowest BCUT2D eigenvalue weighted by Gasteiger charge is -2.18. The summed E-state index contributed by atoms with van der Waals surface area (Å²) in [4.78, 5) is 15.8. The zero-order chi connectivity index (χ0) is 15.0. The van der Waals surface area contributed by atoms with Crippen LogP contribution in [0.4, 0.5) is 0 Å². The van der Waals surface area contributed by atoms with Gasteiger partial charge in [-0.1, -0.05) is 13.8 Å². The molecule has 1 aliphatic heterocycles. The van der Waals surface area contributed by atoms with Gasteiger partial charge < -0.3 is 19.1 Å². The smallest absolute Gasteiger partial charge is 0.323 e. The van der Waals surface area contributed by atoms with Crippen LogP contribution < -0.4 is 9.47 Å². The zero-order valence-corrected chi connectivity index (χ0v) is 12.1. The molecular weight excluding hydrogens is 272 g/mol. The number of carbonyl (C=O) groups is 1. The van der Waals surface area contributed by atoms with Crippen LogP contribution in [-0.2, 0) is 11.3 Å². The fourth-order valence-electron chi connectivity index (χ4n) is 2.54. The van der Waals surface area contributed by atoms with Crippen molar-refractivity contribution in [3.05, 3.63) is 18.0 Å². The van der Waals surface area contributed by atoms with Crippen LogP contribution in [0.15, 0.2) is 12.1 Å². The maximum Gasteiger partial charge on any atom is 0.323 e. The van der Waals surface area contributed by atoms with Crippen LogP contribution in [0.1, 0.15) is 32.0 Å². The number of hydrogen-bond donors (Lipinski definition) is 1. The first-order valence-corrected chi connectivity index (χ1v) is 7.11. The molecule has 0 bridgehead atoms. The largest absolute Gasteiger partial charge is 0.486 e. The van der Waals surface area contributed by atoms with Gasteiger partial charge in [0, 0.05) is 18.1 Å². The van der Waals surface area contributed by atoms with Crippen LogP contribution in [0.25, 0.3) is 11.0 Å². The second kappa shape index (κ2) is 5.27. The van der Waals surface area contributed by atoms with Gasteiger partial charge in [0.05, 0.1) is 11.0 Å². The second-order valence-corrected chi connectivity index (χ2v) is 5.24. The molecule has 1 N–H and O–H groups in total. The first kappa shape index (κ1) is 13.7. The van der Waals surface area contributed by atoms with E-state index in [1.54, 1.807) is 4.57 Å². The summed E-state index contributed by atoms with van der Waals surface area (Å²) < 4.78 is 12.9. The fourth-order valence-corrected chi connectivity index (χ4v) is 2.54. The van der Waals surface area contributed by atoms with Crippen LogP contribution in [0, 0.1) is 0 Å². The molecular formula is C15H18N2O4. The Bertz CT molecular complexity index is 693. The Morgan fingerprint density at radius 1 is 1.38 bits per heavy atom. The molecule has 2 heterocycles. The highest BCUT2D eigenvalue weighted by Gasteiger charge is 2.21. The topological polar surface area (TPSA) is 73.6 Å². The highest BCUT2D eigenvalue weighted by molar-refractivity contribution is 5.82. The van der Waals surface area contributed by atoms with E-state index >= 15 is 0 Å². The summed E-state index contributed by atoms with van der Waals surface area (Å²) in [5.41, 5.74) is 1.52. The van der Waals surface area contributed by atoms with Crippen molar-refractivity contribution < 1.29 is 19.4 Å². The Kier molecular flexibility index (Phi) is 3.45. The van der Waals surface area contributed by atoms with Gasteiger partial charge in [0.2, 0.25) is 0 Å². The molecule has 0 saturated heterocycles. The van der Waals surface area contributed by atoms with Crippen molar-refractivity contribution in [3.63, 3.8) is 0 Å². The van der Waals surface area contributed by atoms with Gasteiger partial charge in [0.25, 0.3) is 0 Å². The number of benzene rings is 1. The van der Waals surface area contributed by atoms with Crippen LogP contribution in [0.5, 0.6) is 11.5 Å². The lowest BCUT2D eigenvalue weighted by molar-refractivity contribution is -0.137. The number of rotatable bonds is 4. The standard InChI is InChI=1S/C15H18N2O4/c1-3-9(2)15-16-10-6-12-13(21-5-4-20-12)7-11(10)17(15)8-14(18)19/h6-7,9H,3-5,8H2,1-2H3,(H,18,19). The Morgan fingerprint density at radius 3 is 2.67 bits per heavy atom. The van der Waals surface area contributed by atoms with E-state index in [0.29, 0.717) is 24.7 Å². The molecule has 0 radical (unpaired) electrons. The minimum absolute atomic E-state index is 0.101. The second-order valence-electron chi connectivity index (χ2n) is 5.24. The van der Waals surface area contributed by atoms with E-state index in [4.69, 9.17) is 14.6 Å². The van der Waals surface area contributed by atoms with Gasteiger partial charge in [-0.2, -0.15) is 0 Å². The van der Waals surface area contributed by atoms with Gasteiger partial charge in [0.15, 0.2) is 11.5 Å². The third kappa shape index (κ3) is 2.41. The van der Waals surface area contributed by atoms with Gasteiger partial charge in [-0.25, -0.2) is 4.98 Å². The van der Waals surface area contributed by atoms with Crippen molar-refractivity contribution in [3.8, 4) is 11.5 Å². The molecule has 0 saturated carbocycles. The molecule has 6 heteroatoms. The SMILES string of the molecule is CCC(C)c1nc2cc3c(cc2n1CC(=O)O)OCCO3. The summed E-state index contributed by atoms with van der Waals surface area (Å²) in [7, 11) is 0. The lowest BCUT2D eigenvalue weighted by Crippen LogP contribution is -2.16. The molecule has 1 aliphatic rings. The lowest BCUT2D eigenvalue weighted by atomic mass is 10.1. The zero-order valence-electron chi connectivity index (χ0n) is 12.1. The first-order chi connectivity index (χ1) is 10.1. The van der Waals surface area contributed by atoms with E-state index in [2.05, 4.69) is 11.9 Å². The molecule has 0 spiro atoms. The average molecular weight is 290 g/mol. The van der Waals surface area contributed by atoms with Gasteiger partial charge in [0.1, 0.15) is 25.6 Å². The van der Waals surface area contributed by atoms with Crippen LogP contribution in [0.3, 0.4) is 0 Å². The number of fused-ring (bicyclic) bond motifs is 2. The molecule has 0 aliphatic carbocycles. The van der Waals surface area contributed by atoms with Crippen molar-refractivity contribution >= 4 is 17.0 Å². The quantitative estimate of drug-likeness (QED) is 0.936. The van der Waals surface area contributed by atoms with E-state index in [9.17, 15) is 4.79 Å². The molecule has 112 valence electrons. The van der Waals surface area contributed by atoms with Crippen LogP contribution >= 0.6 is 0 Å². The van der Waals surface area contributed by atoms with Crippen molar-refractivity contribution in [2.24, 2.45) is 0 Å². The summed E-state index contributed by atoms with van der Waals surface area (Å²) in [6.45, 7) is 5.03. The predicted octanol–water partition coefficient (Wildman–Crippen LogP) is 2.41.